The Morgan fingerprint density at radius 3 is 2.29 bits per heavy atom. The van der Waals surface area contributed by atoms with Gasteiger partial charge in [0.05, 0.1) is 5.57 Å². The number of allylic oxidation sites excluding steroid dienone is 1. The number of phenolic OH excluding ortho intramolecular Hbond substituents is 1. The fourth-order valence-corrected chi connectivity index (χ4v) is 4.52. The molecule has 1 aromatic heterocycles. The molecular formula is C28H23N3O2S. The highest BCUT2D eigenvalue weighted by atomic mass is 32.1. The maximum Gasteiger partial charge on any atom is 0.256 e. The Morgan fingerprint density at radius 2 is 1.68 bits per heavy atom. The molecule has 1 heterocycles. The van der Waals surface area contributed by atoms with Crippen LogP contribution in [0.1, 0.15) is 37.6 Å². The average molecular weight is 466 g/mol. The zero-order valence-corrected chi connectivity index (χ0v) is 19.9. The lowest BCUT2D eigenvalue weighted by Crippen LogP contribution is -2.11. The van der Waals surface area contributed by atoms with Gasteiger partial charge < -0.3 is 10.4 Å². The van der Waals surface area contributed by atoms with Gasteiger partial charge in [0.1, 0.15) is 27.5 Å². The molecule has 4 rings (SSSR count). The first-order chi connectivity index (χ1) is 16.4. The predicted octanol–water partition coefficient (Wildman–Crippen LogP) is 6.76. The summed E-state index contributed by atoms with van der Waals surface area (Å²) in [5, 5.41) is 24.0. The van der Waals surface area contributed by atoms with Gasteiger partial charge in [0, 0.05) is 11.1 Å². The van der Waals surface area contributed by atoms with Gasteiger partial charge in [-0.05, 0) is 67.8 Å². The minimum absolute atomic E-state index is 0.236. The van der Waals surface area contributed by atoms with Crippen LogP contribution in [0.5, 0.6) is 5.75 Å². The van der Waals surface area contributed by atoms with Gasteiger partial charge in [-0.15, -0.1) is 0 Å². The van der Waals surface area contributed by atoms with E-state index in [2.05, 4.69) is 11.4 Å². The van der Waals surface area contributed by atoms with E-state index in [1.165, 1.54) is 11.3 Å². The van der Waals surface area contributed by atoms with Gasteiger partial charge >= 0.3 is 0 Å². The molecule has 6 heteroatoms. The Morgan fingerprint density at radius 1 is 1.03 bits per heavy atom. The number of hydrogen-bond acceptors (Lipinski definition) is 5. The van der Waals surface area contributed by atoms with Crippen molar-refractivity contribution in [2.45, 2.75) is 20.8 Å². The maximum absolute atomic E-state index is 12.9. The molecule has 0 fully saturated rings. The smallest absolute Gasteiger partial charge is 0.256 e. The van der Waals surface area contributed by atoms with Gasteiger partial charge in [-0.1, -0.05) is 59.4 Å². The summed E-state index contributed by atoms with van der Waals surface area (Å²) in [4.78, 5) is 17.7. The van der Waals surface area contributed by atoms with Crippen molar-refractivity contribution in [1.29, 1.82) is 5.26 Å². The number of phenols is 1. The van der Waals surface area contributed by atoms with Crippen molar-refractivity contribution in [3.8, 4) is 23.1 Å². The third-order valence-corrected chi connectivity index (χ3v) is 6.39. The highest BCUT2D eigenvalue weighted by Gasteiger charge is 2.19. The fraction of sp³-hybridized carbons (Fsp3) is 0.107. The van der Waals surface area contributed by atoms with Crippen LogP contribution in [0.4, 0.5) is 5.00 Å². The van der Waals surface area contributed by atoms with Crippen LogP contribution in [0, 0.1) is 32.1 Å². The summed E-state index contributed by atoms with van der Waals surface area (Å²) >= 11 is 1.26. The quantitative estimate of drug-likeness (QED) is 0.319. The molecule has 0 saturated carbocycles. The van der Waals surface area contributed by atoms with E-state index < -0.39 is 0 Å². The summed E-state index contributed by atoms with van der Waals surface area (Å²) in [6.07, 6.45) is 1.75. The molecule has 34 heavy (non-hydrogen) atoms. The summed E-state index contributed by atoms with van der Waals surface area (Å²) < 4.78 is 0. The number of aromatic hydroxyl groups is 1. The largest absolute Gasteiger partial charge is 0.507 e. The number of carbonyl (C=O) groups is 1. The number of nitrogens with one attached hydrogen (secondary N) is 1. The summed E-state index contributed by atoms with van der Waals surface area (Å²) in [6, 6.07) is 22.8. The van der Waals surface area contributed by atoms with Crippen molar-refractivity contribution in [2.75, 3.05) is 5.32 Å². The van der Waals surface area contributed by atoms with Crippen LogP contribution in [-0.4, -0.2) is 16.0 Å². The monoisotopic (exact) mass is 465 g/mol. The van der Waals surface area contributed by atoms with Gasteiger partial charge in [0.25, 0.3) is 5.91 Å². The second-order valence-electron chi connectivity index (χ2n) is 8.06. The molecule has 4 aromatic rings. The summed E-state index contributed by atoms with van der Waals surface area (Å²) in [5.41, 5.74) is 5.72. The summed E-state index contributed by atoms with van der Waals surface area (Å²) in [7, 11) is 0. The van der Waals surface area contributed by atoms with E-state index >= 15 is 0 Å². The zero-order chi connectivity index (χ0) is 24.2. The van der Waals surface area contributed by atoms with Gasteiger partial charge in [0.2, 0.25) is 0 Å². The zero-order valence-electron chi connectivity index (χ0n) is 19.1. The normalized spacial score (nSPS) is 11.2. The van der Waals surface area contributed by atoms with Crippen LogP contribution in [0.2, 0.25) is 0 Å². The molecule has 168 valence electrons. The Labute approximate surface area is 202 Å². The molecule has 0 saturated heterocycles. The van der Waals surface area contributed by atoms with Crippen molar-refractivity contribution in [3.05, 3.63) is 99.6 Å². The number of nitrogens with zero attached hydrogens (tertiary/aromatic N) is 2. The number of carbonyl (C=O) groups excluding carboxylic acids is 1. The Bertz CT molecular complexity index is 1410. The molecule has 0 aliphatic carbocycles. The topological polar surface area (TPSA) is 86.0 Å². The lowest BCUT2D eigenvalue weighted by molar-refractivity contribution is 0.102. The number of anilines is 1. The van der Waals surface area contributed by atoms with Gasteiger partial charge in [-0.25, -0.2) is 4.98 Å². The van der Waals surface area contributed by atoms with E-state index in [-0.39, 0.29) is 11.7 Å². The average Bonchev–Trinajstić information content (AvgIpc) is 3.25. The minimum Gasteiger partial charge on any atom is -0.507 e. The number of aromatic nitrogens is 1. The first-order valence-electron chi connectivity index (χ1n) is 10.7. The first-order valence-corrected chi connectivity index (χ1v) is 11.5. The molecule has 0 atom stereocenters. The van der Waals surface area contributed by atoms with E-state index in [0.29, 0.717) is 26.8 Å². The van der Waals surface area contributed by atoms with Crippen LogP contribution >= 0.6 is 11.3 Å². The van der Waals surface area contributed by atoms with Gasteiger partial charge in [-0.3, -0.25) is 4.79 Å². The first kappa shape index (κ1) is 23.0. The third kappa shape index (κ3) is 4.90. The third-order valence-electron chi connectivity index (χ3n) is 5.39. The van der Waals surface area contributed by atoms with E-state index in [0.717, 1.165) is 27.8 Å². The van der Waals surface area contributed by atoms with E-state index in [1.54, 1.807) is 18.2 Å². The molecule has 0 aliphatic heterocycles. The Hall–Kier alpha value is -4.21. The number of aryl methyl sites for hydroxylation is 3. The molecular weight excluding hydrogens is 442 g/mol. The van der Waals surface area contributed by atoms with E-state index in [4.69, 9.17) is 4.98 Å². The summed E-state index contributed by atoms with van der Waals surface area (Å²) in [6.45, 7) is 5.61. The van der Waals surface area contributed by atoms with Crippen LogP contribution in [0.15, 0.2) is 66.7 Å². The van der Waals surface area contributed by atoms with E-state index in [1.807, 2.05) is 75.4 Å². The molecule has 0 radical (unpaired) electrons. The molecule has 1 amide bonds. The number of nitriles is 1. The molecule has 0 bridgehead atoms. The Balaban J connectivity index is 1.76. The minimum atomic E-state index is -0.236. The van der Waals surface area contributed by atoms with Gasteiger partial charge in [-0.2, -0.15) is 5.26 Å². The molecule has 2 N–H and O–H groups in total. The number of amides is 1. The van der Waals surface area contributed by atoms with E-state index in [9.17, 15) is 15.2 Å². The molecule has 5 nitrogen and oxygen atoms in total. The lowest BCUT2D eigenvalue weighted by atomic mass is 10.0. The number of thiazole rings is 1. The lowest BCUT2D eigenvalue weighted by Gasteiger charge is -2.05. The van der Waals surface area contributed by atoms with Crippen molar-refractivity contribution < 1.29 is 9.90 Å². The van der Waals surface area contributed by atoms with Crippen molar-refractivity contribution in [3.63, 3.8) is 0 Å². The molecule has 0 unspecified atom stereocenters. The van der Waals surface area contributed by atoms with Crippen LogP contribution in [0.3, 0.4) is 0 Å². The highest BCUT2D eigenvalue weighted by molar-refractivity contribution is 7.17. The number of benzene rings is 3. The van der Waals surface area contributed by atoms with Gasteiger partial charge in [0.15, 0.2) is 0 Å². The van der Waals surface area contributed by atoms with Crippen molar-refractivity contribution in [1.82, 2.24) is 4.98 Å². The highest BCUT2D eigenvalue weighted by Crippen LogP contribution is 2.37. The predicted molar refractivity (Wildman–Crippen MR) is 138 cm³/mol. The van der Waals surface area contributed by atoms with Crippen LogP contribution in [-0.2, 0) is 0 Å². The second kappa shape index (κ2) is 9.74. The number of rotatable bonds is 5. The summed E-state index contributed by atoms with van der Waals surface area (Å²) in [5.74, 6) is 0.0111. The SMILES string of the molecule is Cc1ccc(C(=O)Nc2sc(/C(C#N)=C/c3cc(C)c(O)c(C)c3)nc2-c2ccccc2)cc1. The Kier molecular flexibility index (Phi) is 6.58. The standard InChI is InChI=1S/C28H23N3O2S/c1-17-9-11-22(12-10-17)26(33)31-28-24(21-7-5-4-6-8-21)30-27(34-28)23(16-29)15-20-13-18(2)25(32)19(3)14-20/h4-15,32H,1-3H3,(H,31,33)/b23-15+. The molecule has 0 spiro atoms. The maximum atomic E-state index is 12.9. The fourth-order valence-electron chi connectivity index (χ4n) is 3.57. The van der Waals surface area contributed by atoms with Crippen LogP contribution in [0.25, 0.3) is 22.9 Å². The molecule has 0 aliphatic rings. The second-order valence-corrected chi connectivity index (χ2v) is 9.06. The van der Waals surface area contributed by atoms with Crippen molar-refractivity contribution >= 4 is 33.9 Å². The number of hydrogen-bond donors (Lipinski definition) is 2. The van der Waals surface area contributed by atoms with Crippen molar-refractivity contribution in [2.24, 2.45) is 0 Å². The van der Waals surface area contributed by atoms with Crippen LogP contribution < -0.4 is 5.32 Å². The molecule has 3 aromatic carbocycles.